The van der Waals surface area contributed by atoms with Crippen molar-refractivity contribution in [3.63, 3.8) is 0 Å². The number of rotatable bonds is 7. The molecule has 1 aliphatic rings. The van der Waals surface area contributed by atoms with Crippen molar-refractivity contribution >= 4 is 59.7 Å². The standard InChI is InChI=1S/C20H19ClN4O6S3/c21-18-6-5-16(34(29,30)25-8-10-31-11-9-25)13-17(18)19(26)23-14-1-3-15(4-2-14)33(27,28)24-20-22-7-12-32-20/h1-7,12-13H,8-11H2,(H,22,24)(H,23,26). The molecule has 0 aliphatic carbocycles. The highest BCUT2D eigenvalue weighted by atomic mass is 35.5. The van der Waals surface area contributed by atoms with Gasteiger partial charge in [0.05, 0.1) is 33.6 Å². The molecule has 0 unspecified atom stereocenters. The summed E-state index contributed by atoms with van der Waals surface area (Å²) in [7, 11) is -7.65. The van der Waals surface area contributed by atoms with Crippen LogP contribution >= 0.6 is 22.9 Å². The molecule has 1 saturated heterocycles. The highest BCUT2D eigenvalue weighted by Crippen LogP contribution is 2.25. The second kappa shape index (κ2) is 9.98. The highest BCUT2D eigenvalue weighted by Gasteiger charge is 2.27. The maximum atomic E-state index is 12.9. The number of carbonyl (C=O) groups excluding carboxylic acids is 1. The molecule has 0 saturated carbocycles. The van der Waals surface area contributed by atoms with Crippen LogP contribution in [0.25, 0.3) is 0 Å². The number of ether oxygens (including phenoxy) is 1. The van der Waals surface area contributed by atoms with Gasteiger partial charge in [0.15, 0.2) is 5.13 Å². The van der Waals surface area contributed by atoms with Crippen molar-refractivity contribution in [1.29, 1.82) is 0 Å². The number of hydrogen-bond donors (Lipinski definition) is 2. The summed E-state index contributed by atoms with van der Waals surface area (Å²) in [6.07, 6.45) is 1.48. The van der Waals surface area contributed by atoms with E-state index in [1.807, 2.05) is 0 Å². The Morgan fingerprint density at radius 2 is 1.71 bits per heavy atom. The van der Waals surface area contributed by atoms with Crippen LogP contribution in [0.3, 0.4) is 0 Å². The summed E-state index contributed by atoms with van der Waals surface area (Å²) < 4.78 is 59.5. The van der Waals surface area contributed by atoms with Crippen molar-refractivity contribution in [2.45, 2.75) is 9.79 Å². The first-order chi connectivity index (χ1) is 16.2. The molecule has 0 bridgehead atoms. The van der Waals surface area contributed by atoms with Crippen LogP contribution in [0.4, 0.5) is 10.8 Å². The van der Waals surface area contributed by atoms with Crippen molar-refractivity contribution in [2.24, 2.45) is 0 Å². The largest absolute Gasteiger partial charge is 0.379 e. The van der Waals surface area contributed by atoms with Crippen LogP contribution in [0.5, 0.6) is 0 Å². The average Bonchev–Trinajstić information content (AvgIpc) is 3.32. The number of hydrogen-bond acceptors (Lipinski definition) is 8. The van der Waals surface area contributed by atoms with Crippen LogP contribution in [-0.4, -0.2) is 58.3 Å². The molecule has 10 nitrogen and oxygen atoms in total. The number of carbonyl (C=O) groups is 1. The SMILES string of the molecule is O=C(Nc1ccc(S(=O)(=O)Nc2nccs2)cc1)c1cc(S(=O)(=O)N2CCOCC2)ccc1Cl. The number of benzene rings is 2. The zero-order valence-electron chi connectivity index (χ0n) is 17.5. The van der Waals surface area contributed by atoms with E-state index in [1.54, 1.807) is 5.38 Å². The number of aromatic nitrogens is 1. The summed E-state index contributed by atoms with van der Waals surface area (Å²) in [6, 6.07) is 9.40. The third kappa shape index (κ3) is 5.40. The molecular formula is C20H19ClN4O6S3. The lowest BCUT2D eigenvalue weighted by molar-refractivity contribution is 0.0730. The van der Waals surface area contributed by atoms with Gasteiger partial charge in [-0.15, -0.1) is 11.3 Å². The smallest absolute Gasteiger partial charge is 0.263 e. The van der Waals surface area contributed by atoms with Gasteiger partial charge in [0, 0.05) is 30.4 Å². The molecule has 14 heteroatoms. The Bertz CT molecular complexity index is 1390. The molecule has 34 heavy (non-hydrogen) atoms. The molecule has 0 radical (unpaired) electrons. The van der Waals surface area contributed by atoms with Crippen LogP contribution in [0.15, 0.2) is 63.8 Å². The number of nitrogens with zero attached hydrogens (tertiary/aromatic N) is 2. The Morgan fingerprint density at radius 1 is 1.03 bits per heavy atom. The van der Waals surface area contributed by atoms with E-state index in [-0.39, 0.29) is 38.6 Å². The summed E-state index contributed by atoms with van der Waals surface area (Å²) in [6.45, 7) is 1.04. The van der Waals surface area contributed by atoms with Crippen molar-refractivity contribution in [3.8, 4) is 0 Å². The van der Waals surface area contributed by atoms with Crippen LogP contribution in [0.1, 0.15) is 10.4 Å². The number of anilines is 2. The van der Waals surface area contributed by atoms with E-state index in [1.165, 1.54) is 53.0 Å². The highest BCUT2D eigenvalue weighted by molar-refractivity contribution is 7.93. The van der Waals surface area contributed by atoms with E-state index < -0.39 is 26.0 Å². The fraction of sp³-hybridized carbons (Fsp3) is 0.200. The van der Waals surface area contributed by atoms with Crippen LogP contribution in [0, 0.1) is 0 Å². The number of sulfonamides is 2. The second-order valence-corrected chi connectivity index (χ2v) is 12.0. The second-order valence-electron chi connectivity index (χ2n) is 7.08. The molecule has 1 fully saturated rings. The van der Waals surface area contributed by atoms with Gasteiger partial charge in [-0.25, -0.2) is 21.8 Å². The first-order valence-electron chi connectivity index (χ1n) is 9.88. The Kier molecular flexibility index (Phi) is 7.21. The third-order valence-corrected chi connectivity index (χ3v) is 9.26. The van der Waals surface area contributed by atoms with Crippen molar-refractivity contribution in [1.82, 2.24) is 9.29 Å². The topological polar surface area (TPSA) is 135 Å². The number of nitrogens with one attached hydrogen (secondary N) is 2. The van der Waals surface area contributed by atoms with Gasteiger partial charge in [0.2, 0.25) is 10.0 Å². The summed E-state index contributed by atoms with van der Waals surface area (Å²) >= 11 is 7.31. The van der Waals surface area contributed by atoms with Gasteiger partial charge in [-0.1, -0.05) is 11.6 Å². The first-order valence-corrected chi connectivity index (χ1v) is 14.1. The number of halogens is 1. The number of morpholine rings is 1. The first kappa shape index (κ1) is 24.6. The fourth-order valence-electron chi connectivity index (χ4n) is 3.14. The lowest BCUT2D eigenvalue weighted by Gasteiger charge is -2.26. The molecule has 1 aromatic heterocycles. The molecule has 2 heterocycles. The van der Waals surface area contributed by atoms with E-state index in [0.717, 1.165) is 11.3 Å². The molecule has 3 aromatic rings. The zero-order valence-corrected chi connectivity index (χ0v) is 20.7. The van der Waals surface area contributed by atoms with Crippen LogP contribution in [-0.2, 0) is 24.8 Å². The number of amides is 1. The third-order valence-electron chi connectivity index (χ3n) is 4.87. The van der Waals surface area contributed by atoms with Crippen LogP contribution < -0.4 is 10.0 Å². The van der Waals surface area contributed by atoms with E-state index in [2.05, 4.69) is 15.0 Å². The predicted molar refractivity (Wildman–Crippen MR) is 128 cm³/mol. The summed E-state index contributed by atoms with van der Waals surface area (Å²) in [5.74, 6) is -0.638. The normalized spacial score (nSPS) is 15.1. The minimum absolute atomic E-state index is 0.0164. The van der Waals surface area contributed by atoms with Gasteiger partial charge in [0.1, 0.15) is 0 Å². The van der Waals surface area contributed by atoms with E-state index >= 15 is 0 Å². The minimum Gasteiger partial charge on any atom is -0.379 e. The van der Waals surface area contributed by atoms with Crippen molar-refractivity contribution in [2.75, 3.05) is 36.3 Å². The molecule has 2 aromatic carbocycles. The summed E-state index contributed by atoms with van der Waals surface area (Å²) in [4.78, 5) is 16.6. The quantitative estimate of drug-likeness (QED) is 0.468. The van der Waals surface area contributed by atoms with Gasteiger partial charge in [0.25, 0.3) is 15.9 Å². The van der Waals surface area contributed by atoms with Gasteiger partial charge >= 0.3 is 0 Å². The Balaban J connectivity index is 1.51. The van der Waals surface area contributed by atoms with Gasteiger partial charge < -0.3 is 10.1 Å². The molecule has 2 N–H and O–H groups in total. The minimum atomic E-state index is -3.84. The summed E-state index contributed by atoms with van der Waals surface area (Å²) in [5.41, 5.74) is 0.272. The Labute approximate surface area is 205 Å². The maximum Gasteiger partial charge on any atom is 0.263 e. The maximum absolute atomic E-state index is 12.9. The van der Waals surface area contributed by atoms with E-state index in [0.29, 0.717) is 18.9 Å². The lowest BCUT2D eigenvalue weighted by Crippen LogP contribution is -2.40. The van der Waals surface area contributed by atoms with Gasteiger partial charge in [-0.3, -0.25) is 9.52 Å². The lowest BCUT2D eigenvalue weighted by atomic mass is 10.2. The molecule has 1 amide bonds. The molecule has 180 valence electrons. The zero-order chi connectivity index (χ0) is 24.3. The molecule has 4 rings (SSSR count). The monoisotopic (exact) mass is 542 g/mol. The predicted octanol–water partition coefficient (Wildman–Crippen LogP) is 2.87. The van der Waals surface area contributed by atoms with E-state index in [4.69, 9.17) is 16.3 Å². The van der Waals surface area contributed by atoms with Crippen molar-refractivity contribution in [3.05, 3.63) is 64.6 Å². The number of thiazole rings is 1. The van der Waals surface area contributed by atoms with E-state index in [9.17, 15) is 21.6 Å². The average molecular weight is 543 g/mol. The Hall–Kier alpha value is -2.55. The van der Waals surface area contributed by atoms with Crippen molar-refractivity contribution < 1.29 is 26.4 Å². The molecular weight excluding hydrogens is 524 g/mol. The molecule has 1 aliphatic heterocycles. The van der Waals surface area contributed by atoms with Gasteiger partial charge in [-0.05, 0) is 42.5 Å². The Morgan fingerprint density at radius 3 is 2.35 bits per heavy atom. The molecule has 0 spiro atoms. The molecule has 0 atom stereocenters. The van der Waals surface area contributed by atoms with Gasteiger partial charge in [-0.2, -0.15) is 4.31 Å². The summed E-state index contributed by atoms with van der Waals surface area (Å²) in [5, 5.41) is 4.56. The fourth-order valence-corrected chi connectivity index (χ4v) is 6.57. The van der Waals surface area contributed by atoms with Crippen LogP contribution in [0.2, 0.25) is 5.02 Å².